The van der Waals surface area contributed by atoms with E-state index in [2.05, 4.69) is 17.2 Å². The lowest BCUT2D eigenvalue weighted by Crippen LogP contribution is -2.27. The SMILES string of the molecule is CCCCC1CCC(C(=O)Nc2nc3cc(OC)c(OC)cc3s2)CC1. The smallest absolute Gasteiger partial charge is 0.229 e. The van der Waals surface area contributed by atoms with Crippen LogP contribution in [0.2, 0.25) is 0 Å². The Morgan fingerprint density at radius 3 is 2.54 bits per heavy atom. The molecule has 142 valence electrons. The molecular formula is C20H28N2O3S. The number of unbranched alkanes of at least 4 members (excludes halogenated alkanes) is 1. The van der Waals surface area contributed by atoms with Gasteiger partial charge in [0.15, 0.2) is 16.6 Å². The number of hydrogen-bond acceptors (Lipinski definition) is 5. The maximum absolute atomic E-state index is 12.6. The van der Waals surface area contributed by atoms with Crippen LogP contribution in [0.4, 0.5) is 5.13 Å². The second-order valence-electron chi connectivity index (χ2n) is 7.04. The Balaban J connectivity index is 1.63. The number of rotatable bonds is 7. The van der Waals surface area contributed by atoms with Gasteiger partial charge >= 0.3 is 0 Å². The number of hydrogen-bond donors (Lipinski definition) is 1. The van der Waals surface area contributed by atoms with Crippen LogP contribution in [-0.2, 0) is 4.79 Å². The van der Waals surface area contributed by atoms with Crippen molar-refractivity contribution in [2.75, 3.05) is 19.5 Å². The molecule has 1 saturated carbocycles. The summed E-state index contributed by atoms with van der Waals surface area (Å²) in [6.07, 6.45) is 8.21. The fourth-order valence-electron chi connectivity index (χ4n) is 3.72. The number of aromatic nitrogens is 1. The van der Waals surface area contributed by atoms with Crippen molar-refractivity contribution in [2.24, 2.45) is 11.8 Å². The van der Waals surface area contributed by atoms with Crippen LogP contribution < -0.4 is 14.8 Å². The molecule has 0 atom stereocenters. The van der Waals surface area contributed by atoms with Gasteiger partial charge in [0.25, 0.3) is 0 Å². The summed E-state index contributed by atoms with van der Waals surface area (Å²) in [5, 5.41) is 3.67. The molecule has 0 aliphatic heterocycles. The van der Waals surface area contributed by atoms with Gasteiger partial charge in [0.05, 0.1) is 24.4 Å². The van der Waals surface area contributed by atoms with Gasteiger partial charge in [-0.15, -0.1) is 0 Å². The lowest BCUT2D eigenvalue weighted by Gasteiger charge is -2.27. The van der Waals surface area contributed by atoms with Gasteiger partial charge in [-0.05, 0) is 31.6 Å². The first-order valence-corrected chi connectivity index (χ1v) is 10.3. The molecule has 6 heteroatoms. The predicted octanol–water partition coefficient (Wildman–Crippen LogP) is 5.25. The molecule has 5 nitrogen and oxygen atoms in total. The zero-order valence-electron chi connectivity index (χ0n) is 15.8. The van der Waals surface area contributed by atoms with Crippen molar-refractivity contribution in [3.05, 3.63) is 12.1 Å². The summed E-state index contributed by atoms with van der Waals surface area (Å²) >= 11 is 1.47. The first-order chi connectivity index (χ1) is 12.6. The van der Waals surface area contributed by atoms with Crippen LogP contribution in [0, 0.1) is 11.8 Å². The van der Waals surface area contributed by atoms with Crippen molar-refractivity contribution in [1.29, 1.82) is 0 Å². The molecule has 1 heterocycles. The molecule has 1 N–H and O–H groups in total. The summed E-state index contributed by atoms with van der Waals surface area (Å²) in [4.78, 5) is 17.2. The molecule has 26 heavy (non-hydrogen) atoms. The average molecular weight is 377 g/mol. The number of carbonyl (C=O) groups is 1. The Kier molecular flexibility index (Phi) is 6.35. The van der Waals surface area contributed by atoms with E-state index >= 15 is 0 Å². The summed E-state index contributed by atoms with van der Waals surface area (Å²) < 4.78 is 11.6. The standard InChI is InChI=1S/C20H28N2O3S/c1-4-5-6-13-7-9-14(10-8-13)19(23)22-20-21-15-11-16(24-2)17(25-3)12-18(15)26-20/h11-14H,4-10H2,1-3H3,(H,21,22,23). The van der Waals surface area contributed by atoms with E-state index in [1.165, 1.54) is 43.4 Å². The zero-order valence-corrected chi connectivity index (χ0v) is 16.7. The van der Waals surface area contributed by atoms with Gasteiger partial charge in [-0.3, -0.25) is 4.79 Å². The van der Waals surface area contributed by atoms with Crippen molar-refractivity contribution in [1.82, 2.24) is 4.98 Å². The topological polar surface area (TPSA) is 60.5 Å². The molecule has 1 aliphatic carbocycles. The average Bonchev–Trinajstić information content (AvgIpc) is 3.06. The number of thiazole rings is 1. The molecule has 0 saturated heterocycles. The second-order valence-corrected chi connectivity index (χ2v) is 8.07. The lowest BCUT2D eigenvalue weighted by molar-refractivity contribution is -0.121. The zero-order chi connectivity index (χ0) is 18.5. The largest absolute Gasteiger partial charge is 0.493 e. The van der Waals surface area contributed by atoms with Gasteiger partial charge in [-0.2, -0.15) is 0 Å². The van der Waals surface area contributed by atoms with E-state index in [0.29, 0.717) is 16.6 Å². The molecule has 0 unspecified atom stereocenters. The third kappa shape index (κ3) is 4.29. The minimum Gasteiger partial charge on any atom is -0.493 e. The van der Waals surface area contributed by atoms with E-state index in [1.54, 1.807) is 14.2 Å². The number of nitrogens with one attached hydrogen (secondary N) is 1. The second kappa shape index (κ2) is 8.71. The minimum absolute atomic E-state index is 0.108. The van der Waals surface area contributed by atoms with Crippen LogP contribution in [0.5, 0.6) is 11.5 Å². The van der Waals surface area contributed by atoms with Gasteiger partial charge in [-0.1, -0.05) is 37.5 Å². The number of amides is 1. The van der Waals surface area contributed by atoms with Crippen LogP contribution in [0.25, 0.3) is 10.2 Å². The van der Waals surface area contributed by atoms with Crippen LogP contribution in [0.15, 0.2) is 12.1 Å². The molecule has 1 aromatic carbocycles. The molecule has 1 aliphatic rings. The van der Waals surface area contributed by atoms with Gasteiger partial charge in [0.2, 0.25) is 5.91 Å². The summed E-state index contributed by atoms with van der Waals surface area (Å²) in [5.41, 5.74) is 0.811. The van der Waals surface area contributed by atoms with E-state index in [-0.39, 0.29) is 11.8 Å². The highest BCUT2D eigenvalue weighted by molar-refractivity contribution is 7.22. The Labute approximate surface area is 159 Å². The Hall–Kier alpha value is -1.82. The van der Waals surface area contributed by atoms with Gasteiger partial charge in [-0.25, -0.2) is 4.98 Å². The third-order valence-corrected chi connectivity index (χ3v) is 6.24. The molecule has 2 aromatic rings. The predicted molar refractivity (Wildman–Crippen MR) is 106 cm³/mol. The number of fused-ring (bicyclic) bond motifs is 1. The number of ether oxygens (including phenoxy) is 2. The first-order valence-electron chi connectivity index (χ1n) is 9.48. The fraction of sp³-hybridized carbons (Fsp3) is 0.600. The molecule has 0 bridgehead atoms. The highest BCUT2D eigenvalue weighted by atomic mass is 32.1. The Bertz CT molecular complexity index is 710. The maximum Gasteiger partial charge on any atom is 0.229 e. The number of nitrogens with zero attached hydrogens (tertiary/aromatic N) is 1. The fourth-order valence-corrected chi connectivity index (χ4v) is 4.60. The van der Waals surface area contributed by atoms with Gasteiger partial charge in [0.1, 0.15) is 0 Å². The van der Waals surface area contributed by atoms with Crippen LogP contribution in [0.1, 0.15) is 51.9 Å². The summed E-state index contributed by atoms with van der Waals surface area (Å²) in [6.45, 7) is 2.24. The quantitative estimate of drug-likeness (QED) is 0.717. The van der Waals surface area contributed by atoms with Crippen molar-refractivity contribution in [3.63, 3.8) is 0 Å². The van der Waals surface area contributed by atoms with Crippen molar-refractivity contribution >= 4 is 32.6 Å². The molecule has 0 radical (unpaired) electrons. The van der Waals surface area contributed by atoms with Crippen LogP contribution in [-0.4, -0.2) is 25.1 Å². The molecule has 3 rings (SSSR count). The van der Waals surface area contributed by atoms with Crippen molar-refractivity contribution < 1.29 is 14.3 Å². The lowest BCUT2D eigenvalue weighted by atomic mass is 9.79. The Morgan fingerprint density at radius 1 is 1.19 bits per heavy atom. The number of carbonyl (C=O) groups excluding carboxylic acids is 1. The summed E-state index contributed by atoms with van der Waals surface area (Å²) in [5.74, 6) is 2.35. The normalized spacial score (nSPS) is 20.1. The Morgan fingerprint density at radius 2 is 1.88 bits per heavy atom. The maximum atomic E-state index is 12.6. The summed E-state index contributed by atoms with van der Waals surface area (Å²) in [6, 6.07) is 3.75. The molecule has 1 amide bonds. The van der Waals surface area contributed by atoms with Crippen LogP contribution in [0.3, 0.4) is 0 Å². The molecule has 1 fully saturated rings. The van der Waals surface area contributed by atoms with E-state index in [9.17, 15) is 4.79 Å². The molecule has 0 spiro atoms. The monoisotopic (exact) mass is 376 g/mol. The van der Waals surface area contributed by atoms with Crippen LogP contribution >= 0.6 is 11.3 Å². The summed E-state index contributed by atoms with van der Waals surface area (Å²) in [7, 11) is 3.22. The highest BCUT2D eigenvalue weighted by Gasteiger charge is 2.26. The van der Waals surface area contributed by atoms with Gasteiger partial charge < -0.3 is 14.8 Å². The number of benzene rings is 1. The number of anilines is 1. The molecule has 1 aromatic heterocycles. The van der Waals surface area contributed by atoms with E-state index < -0.39 is 0 Å². The highest BCUT2D eigenvalue weighted by Crippen LogP contribution is 2.37. The van der Waals surface area contributed by atoms with E-state index in [0.717, 1.165) is 29.0 Å². The third-order valence-electron chi connectivity index (χ3n) is 5.31. The van der Waals surface area contributed by atoms with Gasteiger partial charge in [0, 0.05) is 18.1 Å². The van der Waals surface area contributed by atoms with Crippen molar-refractivity contribution in [2.45, 2.75) is 51.9 Å². The van der Waals surface area contributed by atoms with E-state index in [1.807, 2.05) is 12.1 Å². The molecular weight excluding hydrogens is 348 g/mol. The first kappa shape index (κ1) is 19.0. The van der Waals surface area contributed by atoms with E-state index in [4.69, 9.17) is 9.47 Å². The minimum atomic E-state index is 0.108. The van der Waals surface area contributed by atoms with Crippen molar-refractivity contribution in [3.8, 4) is 11.5 Å². The number of methoxy groups -OCH3 is 2.